The molecule has 1 aromatic rings. The van der Waals surface area contributed by atoms with Gasteiger partial charge in [-0.05, 0) is 36.8 Å². The minimum atomic E-state index is -3.54. The zero-order valence-corrected chi connectivity index (χ0v) is 15.5. The second-order valence-electron chi connectivity index (χ2n) is 6.24. The monoisotopic (exact) mass is 340 g/mol. The molecule has 0 aliphatic heterocycles. The lowest BCUT2D eigenvalue weighted by Crippen LogP contribution is -2.41. The molecule has 1 N–H and O–H groups in total. The maximum absolute atomic E-state index is 12.2. The van der Waals surface area contributed by atoms with Gasteiger partial charge < -0.3 is 5.32 Å². The van der Waals surface area contributed by atoms with Crippen LogP contribution < -0.4 is 9.62 Å². The van der Waals surface area contributed by atoms with Crippen LogP contribution in [0.15, 0.2) is 18.2 Å². The summed E-state index contributed by atoms with van der Waals surface area (Å²) in [5, 5.41) is 2.80. The number of nitrogens with zero attached hydrogens (tertiary/aromatic N) is 1. The Morgan fingerprint density at radius 2 is 1.96 bits per heavy atom. The van der Waals surface area contributed by atoms with Crippen LogP contribution >= 0.6 is 0 Å². The molecule has 0 saturated carbocycles. The van der Waals surface area contributed by atoms with Crippen molar-refractivity contribution in [3.8, 4) is 0 Å². The zero-order valence-electron chi connectivity index (χ0n) is 14.7. The van der Waals surface area contributed by atoms with Gasteiger partial charge in [-0.15, -0.1) is 0 Å². The third-order valence-electron chi connectivity index (χ3n) is 3.68. The molecule has 0 aromatic heterocycles. The number of anilines is 1. The Morgan fingerprint density at radius 3 is 2.48 bits per heavy atom. The van der Waals surface area contributed by atoms with Crippen molar-refractivity contribution in [2.75, 3.05) is 23.7 Å². The first-order valence-corrected chi connectivity index (χ1v) is 9.84. The second-order valence-corrected chi connectivity index (χ2v) is 8.15. The molecule has 0 heterocycles. The van der Waals surface area contributed by atoms with Gasteiger partial charge in [-0.25, -0.2) is 8.42 Å². The minimum absolute atomic E-state index is 0.186. The molecule has 23 heavy (non-hydrogen) atoms. The van der Waals surface area contributed by atoms with Crippen LogP contribution in [0.5, 0.6) is 0 Å². The van der Waals surface area contributed by atoms with E-state index in [0.29, 0.717) is 24.6 Å². The highest BCUT2D eigenvalue weighted by atomic mass is 32.2. The number of benzene rings is 1. The fourth-order valence-corrected chi connectivity index (χ4v) is 3.36. The van der Waals surface area contributed by atoms with Crippen LogP contribution in [0, 0.1) is 12.8 Å². The third-order valence-corrected chi connectivity index (χ3v) is 4.80. The van der Waals surface area contributed by atoms with Crippen molar-refractivity contribution in [2.45, 2.75) is 40.5 Å². The number of rotatable bonds is 8. The number of hydrogen-bond donors (Lipinski definition) is 1. The molecule has 130 valence electrons. The number of hydrogen-bond acceptors (Lipinski definition) is 3. The number of nitrogens with one attached hydrogen (secondary N) is 1. The number of aryl methyl sites for hydroxylation is 2. The first kappa shape index (κ1) is 19.5. The molecule has 1 aromatic carbocycles. The Morgan fingerprint density at radius 1 is 1.30 bits per heavy atom. The Hall–Kier alpha value is -1.56. The molecule has 0 bridgehead atoms. The molecular weight excluding hydrogens is 312 g/mol. The van der Waals surface area contributed by atoms with Gasteiger partial charge in [0.1, 0.15) is 6.54 Å². The fourth-order valence-electron chi connectivity index (χ4n) is 2.41. The lowest BCUT2D eigenvalue weighted by Gasteiger charge is -2.26. The van der Waals surface area contributed by atoms with E-state index in [-0.39, 0.29) is 12.5 Å². The van der Waals surface area contributed by atoms with Crippen LogP contribution in [-0.4, -0.2) is 33.7 Å². The molecular formula is C17H28N2O3S. The lowest BCUT2D eigenvalue weighted by molar-refractivity contribution is -0.119. The van der Waals surface area contributed by atoms with E-state index in [2.05, 4.69) is 19.2 Å². The summed E-state index contributed by atoms with van der Waals surface area (Å²) in [4.78, 5) is 12.1. The predicted octanol–water partition coefficient (Wildman–Crippen LogP) is 2.49. The molecule has 5 nitrogen and oxygen atoms in total. The van der Waals surface area contributed by atoms with Gasteiger partial charge in [-0.3, -0.25) is 9.10 Å². The molecule has 6 heteroatoms. The number of carbonyl (C=O) groups excluding carboxylic acids is 1. The molecule has 0 aliphatic rings. The third kappa shape index (κ3) is 5.86. The van der Waals surface area contributed by atoms with E-state index in [9.17, 15) is 13.2 Å². The van der Waals surface area contributed by atoms with Crippen LogP contribution in [0.1, 0.15) is 38.3 Å². The van der Waals surface area contributed by atoms with E-state index in [0.717, 1.165) is 23.8 Å². The van der Waals surface area contributed by atoms with Crippen LogP contribution in [0.4, 0.5) is 5.69 Å². The van der Waals surface area contributed by atoms with Gasteiger partial charge in [-0.2, -0.15) is 0 Å². The lowest BCUT2D eigenvalue weighted by atomic mass is 10.1. The topological polar surface area (TPSA) is 66.5 Å². The Bertz CT molecular complexity index is 639. The maximum Gasteiger partial charge on any atom is 0.240 e. The van der Waals surface area contributed by atoms with E-state index in [4.69, 9.17) is 0 Å². The number of amides is 1. The van der Waals surface area contributed by atoms with Crippen molar-refractivity contribution in [2.24, 2.45) is 5.92 Å². The smallest absolute Gasteiger partial charge is 0.240 e. The first-order chi connectivity index (χ1) is 10.7. The average molecular weight is 340 g/mol. The summed E-state index contributed by atoms with van der Waals surface area (Å²) < 4.78 is 25.6. The van der Waals surface area contributed by atoms with Gasteiger partial charge in [0.25, 0.3) is 0 Å². The standard InChI is InChI=1S/C17H28N2O3S/c1-6-15-9-7-8-14(4)17(15)19(23(5,21)22)12-16(20)18-11-10-13(2)3/h7-9,13H,6,10-12H2,1-5H3,(H,18,20). The zero-order chi connectivity index (χ0) is 17.6. The first-order valence-electron chi connectivity index (χ1n) is 7.99. The summed E-state index contributed by atoms with van der Waals surface area (Å²) in [6.07, 6.45) is 2.72. The summed E-state index contributed by atoms with van der Waals surface area (Å²) in [5.74, 6) is 0.214. The molecule has 1 rings (SSSR count). The molecule has 0 radical (unpaired) electrons. The molecule has 0 unspecified atom stereocenters. The Labute approximate surface area is 140 Å². The van der Waals surface area contributed by atoms with Crippen LogP contribution in [0.25, 0.3) is 0 Å². The minimum Gasteiger partial charge on any atom is -0.355 e. The van der Waals surface area contributed by atoms with Crippen molar-refractivity contribution < 1.29 is 13.2 Å². The van der Waals surface area contributed by atoms with Crippen LogP contribution in [-0.2, 0) is 21.2 Å². The van der Waals surface area contributed by atoms with Crippen molar-refractivity contribution in [3.63, 3.8) is 0 Å². The summed E-state index contributed by atoms with van der Waals surface area (Å²) >= 11 is 0. The van der Waals surface area contributed by atoms with E-state index >= 15 is 0 Å². The van der Waals surface area contributed by atoms with E-state index in [1.54, 1.807) is 0 Å². The van der Waals surface area contributed by atoms with Gasteiger partial charge in [-0.1, -0.05) is 39.0 Å². The normalized spacial score (nSPS) is 11.6. The Balaban J connectivity index is 3.02. The molecule has 1 amide bonds. The molecule has 0 atom stereocenters. The van der Waals surface area contributed by atoms with Crippen molar-refractivity contribution in [1.29, 1.82) is 0 Å². The molecule has 0 aliphatic carbocycles. The predicted molar refractivity (Wildman–Crippen MR) is 95.2 cm³/mol. The van der Waals surface area contributed by atoms with E-state index in [1.807, 2.05) is 32.0 Å². The van der Waals surface area contributed by atoms with E-state index in [1.165, 1.54) is 4.31 Å². The van der Waals surface area contributed by atoms with Crippen molar-refractivity contribution >= 4 is 21.6 Å². The summed E-state index contributed by atoms with van der Waals surface area (Å²) in [7, 11) is -3.54. The average Bonchev–Trinajstić information content (AvgIpc) is 2.43. The number of carbonyl (C=O) groups is 1. The van der Waals surface area contributed by atoms with Gasteiger partial charge in [0.05, 0.1) is 11.9 Å². The van der Waals surface area contributed by atoms with Gasteiger partial charge in [0, 0.05) is 6.54 Å². The van der Waals surface area contributed by atoms with Crippen LogP contribution in [0.3, 0.4) is 0 Å². The van der Waals surface area contributed by atoms with E-state index < -0.39 is 10.0 Å². The highest BCUT2D eigenvalue weighted by Crippen LogP contribution is 2.27. The Kier molecular flexibility index (Phi) is 7.06. The van der Waals surface area contributed by atoms with Gasteiger partial charge in [0.2, 0.25) is 15.9 Å². The quantitative estimate of drug-likeness (QED) is 0.790. The number of para-hydroxylation sites is 1. The summed E-state index contributed by atoms with van der Waals surface area (Å²) in [5.41, 5.74) is 2.40. The highest BCUT2D eigenvalue weighted by Gasteiger charge is 2.24. The van der Waals surface area contributed by atoms with Gasteiger partial charge in [0.15, 0.2) is 0 Å². The van der Waals surface area contributed by atoms with Crippen molar-refractivity contribution in [1.82, 2.24) is 5.32 Å². The summed E-state index contributed by atoms with van der Waals surface area (Å²) in [6, 6.07) is 5.67. The molecule has 0 saturated heterocycles. The highest BCUT2D eigenvalue weighted by molar-refractivity contribution is 7.92. The van der Waals surface area contributed by atoms with Crippen molar-refractivity contribution in [3.05, 3.63) is 29.3 Å². The molecule has 0 spiro atoms. The second kappa shape index (κ2) is 8.34. The SMILES string of the molecule is CCc1cccc(C)c1N(CC(=O)NCCC(C)C)S(C)(=O)=O. The summed E-state index contributed by atoms with van der Waals surface area (Å²) in [6.45, 7) is 8.37. The number of sulfonamides is 1. The maximum atomic E-state index is 12.2. The fraction of sp³-hybridized carbons (Fsp3) is 0.588. The van der Waals surface area contributed by atoms with Crippen LogP contribution in [0.2, 0.25) is 0 Å². The largest absolute Gasteiger partial charge is 0.355 e. The molecule has 0 fully saturated rings. The van der Waals surface area contributed by atoms with Gasteiger partial charge >= 0.3 is 0 Å².